The number of allylic oxidation sites excluding steroid dienone is 9. The highest BCUT2D eigenvalue weighted by atomic mass is 31.2. The van der Waals surface area contributed by atoms with Crippen LogP contribution in [-0.4, -0.2) is 76.9 Å². The Bertz CT molecular complexity index is 1100. The van der Waals surface area contributed by atoms with Gasteiger partial charge in [-0.2, -0.15) is 0 Å². The Hall–Kier alpha value is -2.37. The molecule has 0 saturated heterocycles. The second kappa shape index (κ2) is 37.5. The van der Waals surface area contributed by atoms with Crippen LogP contribution in [0.3, 0.4) is 0 Å². The van der Waals surface area contributed by atoms with Crippen LogP contribution in [0.5, 0.6) is 0 Å². The maximum absolute atomic E-state index is 12.6. The van der Waals surface area contributed by atoms with Crippen LogP contribution in [0.25, 0.3) is 0 Å². The first-order valence-electron chi connectivity index (χ1n) is 20.4. The summed E-state index contributed by atoms with van der Waals surface area (Å²) in [5, 5.41) is 28.5. The lowest BCUT2D eigenvalue weighted by Gasteiger charge is -2.20. The minimum absolute atomic E-state index is 0.00943. The number of aliphatic hydroxyl groups is 3. The normalized spacial score (nSPS) is 15.1. The van der Waals surface area contributed by atoms with E-state index in [1.54, 1.807) is 12.2 Å². The lowest BCUT2D eigenvalue weighted by atomic mass is 10.1. The molecule has 0 rings (SSSR count). The van der Waals surface area contributed by atoms with Crippen LogP contribution in [-0.2, 0) is 32.7 Å². The fourth-order valence-corrected chi connectivity index (χ4v) is 5.82. The maximum atomic E-state index is 12.6. The number of carbonyl (C=O) groups is 2. The van der Waals surface area contributed by atoms with Crippen LogP contribution in [0.2, 0.25) is 0 Å². The molecule has 4 N–H and O–H groups in total. The summed E-state index contributed by atoms with van der Waals surface area (Å²) in [5.41, 5.74) is 0. The van der Waals surface area contributed by atoms with Crippen LogP contribution in [0.1, 0.15) is 149 Å². The van der Waals surface area contributed by atoms with Crippen molar-refractivity contribution in [3.63, 3.8) is 0 Å². The van der Waals surface area contributed by atoms with E-state index >= 15 is 0 Å². The summed E-state index contributed by atoms with van der Waals surface area (Å²) >= 11 is 0. The molecule has 54 heavy (non-hydrogen) atoms. The van der Waals surface area contributed by atoms with E-state index in [0.29, 0.717) is 19.3 Å². The third kappa shape index (κ3) is 36.6. The maximum Gasteiger partial charge on any atom is 0.472 e. The van der Waals surface area contributed by atoms with Crippen molar-refractivity contribution in [2.24, 2.45) is 0 Å². The van der Waals surface area contributed by atoms with Gasteiger partial charge in [-0.15, -0.1) is 0 Å². The average Bonchev–Trinajstić information content (AvgIpc) is 3.15. The lowest BCUT2D eigenvalue weighted by Crippen LogP contribution is -2.30. The first-order chi connectivity index (χ1) is 26.1. The van der Waals surface area contributed by atoms with Gasteiger partial charge in [0.2, 0.25) is 0 Å². The molecule has 0 spiro atoms. The molecule has 1 unspecified atom stereocenters. The minimum atomic E-state index is -4.66. The Morgan fingerprint density at radius 2 is 1.17 bits per heavy atom. The zero-order valence-corrected chi connectivity index (χ0v) is 34.2. The second-order valence-electron chi connectivity index (χ2n) is 13.5. The van der Waals surface area contributed by atoms with E-state index in [2.05, 4.69) is 54.8 Å². The van der Waals surface area contributed by atoms with E-state index < -0.39 is 64.5 Å². The van der Waals surface area contributed by atoms with Crippen LogP contribution in [0.15, 0.2) is 60.8 Å². The van der Waals surface area contributed by atoms with Gasteiger partial charge in [-0.25, -0.2) is 4.57 Å². The molecule has 0 heterocycles. The summed E-state index contributed by atoms with van der Waals surface area (Å²) in [7, 11) is -4.66. The number of phosphoric acid groups is 1. The molecule has 11 nitrogen and oxygen atoms in total. The summed E-state index contributed by atoms with van der Waals surface area (Å²) in [6.07, 6.45) is 36.5. The molecule has 0 aromatic rings. The van der Waals surface area contributed by atoms with Crippen molar-refractivity contribution in [2.75, 3.05) is 26.4 Å². The fourth-order valence-electron chi connectivity index (χ4n) is 5.03. The molecular formula is C42H73O11P. The molecule has 0 aliphatic heterocycles. The summed E-state index contributed by atoms with van der Waals surface area (Å²) in [6, 6.07) is 0. The molecule has 0 fully saturated rings. The van der Waals surface area contributed by atoms with Gasteiger partial charge in [-0.3, -0.25) is 18.6 Å². The highest BCUT2D eigenvalue weighted by molar-refractivity contribution is 7.47. The van der Waals surface area contributed by atoms with Crippen LogP contribution < -0.4 is 0 Å². The first kappa shape index (κ1) is 51.6. The number of esters is 2. The Labute approximate surface area is 326 Å². The van der Waals surface area contributed by atoms with Crippen LogP contribution in [0, 0.1) is 0 Å². The third-order valence-electron chi connectivity index (χ3n) is 8.25. The van der Waals surface area contributed by atoms with Gasteiger partial charge in [0.25, 0.3) is 0 Å². The zero-order chi connectivity index (χ0) is 40.0. The Morgan fingerprint density at radius 1 is 0.630 bits per heavy atom. The second-order valence-corrected chi connectivity index (χ2v) is 15.0. The lowest BCUT2D eigenvalue weighted by molar-refractivity contribution is -0.161. The van der Waals surface area contributed by atoms with Gasteiger partial charge in [0, 0.05) is 12.8 Å². The predicted molar refractivity (Wildman–Crippen MR) is 216 cm³/mol. The number of rotatable bonds is 37. The molecule has 0 aromatic carbocycles. The number of phosphoric ester groups is 1. The molecule has 0 aliphatic rings. The van der Waals surface area contributed by atoms with Crippen molar-refractivity contribution in [3.8, 4) is 0 Å². The predicted octanol–water partition coefficient (Wildman–Crippen LogP) is 9.30. The van der Waals surface area contributed by atoms with Crippen LogP contribution >= 0.6 is 7.82 Å². The van der Waals surface area contributed by atoms with Crippen molar-refractivity contribution in [3.05, 3.63) is 60.8 Å². The molecule has 0 bridgehead atoms. The fraction of sp³-hybridized carbons (Fsp3) is 0.714. The molecule has 0 saturated carbocycles. The van der Waals surface area contributed by atoms with Gasteiger partial charge in [0.15, 0.2) is 6.10 Å². The van der Waals surface area contributed by atoms with E-state index in [-0.39, 0.29) is 12.8 Å². The quantitative estimate of drug-likeness (QED) is 0.0156. The van der Waals surface area contributed by atoms with Gasteiger partial charge in [-0.05, 0) is 70.6 Å². The number of unbranched alkanes of at least 4 members (excludes halogenated alkanes) is 12. The number of ether oxygens (including phenoxy) is 2. The Kier molecular flexibility index (Phi) is 35.9. The minimum Gasteiger partial charge on any atom is -0.462 e. The van der Waals surface area contributed by atoms with E-state index in [1.165, 1.54) is 44.9 Å². The van der Waals surface area contributed by atoms with Crippen molar-refractivity contribution >= 4 is 19.8 Å². The highest BCUT2D eigenvalue weighted by Crippen LogP contribution is 2.43. The number of hydrogen-bond donors (Lipinski definition) is 4. The highest BCUT2D eigenvalue weighted by Gasteiger charge is 2.27. The number of aliphatic hydroxyl groups excluding tert-OH is 3. The van der Waals surface area contributed by atoms with Crippen molar-refractivity contribution in [2.45, 2.75) is 167 Å². The van der Waals surface area contributed by atoms with E-state index in [4.69, 9.17) is 19.1 Å². The molecule has 312 valence electrons. The topological polar surface area (TPSA) is 169 Å². The van der Waals surface area contributed by atoms with Gasteiger partial charge in [-0.1, -0.05) is 126 Å². The largest absolute Gasteiger partial charge is 0.472 e. The molecule has 4 atom stereocenters. The summed E-state index contributed by atoms with van der Waals surface area (Å²) in [6.45, 7) is 2.08. The van der Waals surface area contributed by atoms with Gasteiger partial charge < -0.3 is 29.7 Å². The van der Waals surface area contributed by atoms with Crippen molar-refractivity contribution in [1.82, 2.24) is 0 Å². The molecule has 0 aliphatic carbocycles. The van der Waals surface area contributed by atoms with Gasteiger partial charge in [0.1, 0.15) is 12.7 Å². The average molecular weight is 785 g/mol. The first-order valence-corrected chi connectivity index (χ1v) is 21.8. The Morgan fingerprint density at radius 3 is 1.85 bits per heavy atom. The summed E-state index contributed by atoms with van der Waals surface area (Å²) in [4.78, 5) is 34.9. The van der Waals surface area contributed by atoms with Crippen molar-refractivity contribution in [1.29, 1.82) is 0 Å². The standard InChI is InChI=1S/C42H73O11P/c1-3-5-7-9-11-13-15-17-19-21-23-25-27-30-38(44)31-29-33-41(46)50-36-40(37-52-54(48,49)51-35-39(45)34-43)53-42(47)32-28-26-24-22-20-18-16-14-12-10-8-6-4-2/h11,13-14,16-17,19,23,25,27,30,38-40,43-45H,3-10,12,15,18,20-22,24,26,28-29,31-37H2,1-2H3,(H,48,49)/b13-11-,16-14-,19-17-,25-23-,30-27+/t38-,39+,40-/m1/s1. The summed E-state index contributed by atoms with van der Waals surface area (Å²) < 4.78 is 32.5. The molecule has 0 aromatic heterocycles. The number of hydrogen-bond acceptors (Lipinski definition) is 10. The Balaban J connectivity index is 4.56. The van der Waals surface area contributed by atoms with E-state index in [0.717, 1.165) is 57.8 Å². The van der Waals surface area contributed by atoms with Crippen molar-refractivity contribution < 1.29 is 52.9 Å². The monoisotopic (exact) mass is 784 g/mol. The van der Waals surface area contributed by atoms with E-state index in [9.17, 15) is 29.3 Å². The third-order valence-corrected chi connectivity index (χ3v) is 9.20. The smallest absolute Gasteiger partial charge is 0.462 e. The molecular weight excluding hydrogens is 711 g/mol. The zero-order valence-electron chi connectivity index (χ0n) is 33.3. The molecule has 0 radical (unpaired) electrons. The summed E-state index contributed by atoms with van der Waals surface area (Å²) in [5.74, 6) is -1.14. The number of carbonyl (C=O) groups excluding carboxylic acids is 2. The molecule has 0 amide bonds. The van der Waals surface area contributed by atoms with Gasteiger partial charge >= 0.3 is 19.8 Å². The van der Waals surface area contributed by atoms with Crippen LogP contribution in [0.4, 0.5) is 0 Å². The molecule has 12 heteroatoms. The van der Waals surface area contributed by atoms with Gasteiger partial charge in [0.05, 0.1) is 25.9 Å². The van der Waals surface area contributed by atoms with E-state index in [1.807, 2.05) is 12.2 Å². The SMILES string of the molecule is CCCCC/C=C\C/C=C\C/C=C\C=C\[C@@H](O)CCCC(=O)OC[C@H](COP(=O)(O)OC[C@@H](O)CO)OC(=O)CCCCCCC/C=C\CCCCCC.